The number of alkyl halides is 3. The van der Waals surface area contributed by atoms with Gasteiger partial charge in [0.05, 0.1) is 30.7 Å². The van der Waals surface area contributed by atoms with Crippen molar-refractivity contribution in [2.75, 3.05) is 43.4 Å². The fourth-order valence-electron chi connectivity index (χ4n) is 3.46. The fourth-order valence-corrected chi connectivity index (χ4v) is 4.32. The van der Waals surface area contributed by atoms with E-state index in [0.717, 1.165) is 65.6 Å². The van der Waals surface area contributed by atoms with E-state index in [9.17, 15) is 26.4 Å². The van der Waals surface area contributed by atoms with Crippen LogP contribution >= 0.6 is 0 Å². The van der Waals surface area contributed by atoms with E-state index in [2.05, 4.69) is 10.2 Å². The minimum absolute atomic E-state index is 0.0202. The van der Waals surface area contributed by atoms with Crippen LogP contribution in [0.5, 0.6) is 0 Å². The highest BCUT2D eigenvalue weighted by atomic mass is 32.2. The monoisotopic (exact) mass is 485 g/mol. The Balaban J connectivity index is 1.61. The molecule has 1 fully saturated rings. The Morgan fingerprint density at radius 2 is 1.73 bits per heavy atom. The molecule has 1 aliphatic heterocycles. The van der Waals surface area contributed by atoms with Crippen LogP contribution < -0.4 is 9.62 Å². The van der Waals surface area contributed by atoms with E-state index < -0.39 is 34.2 Å². The van der Waals surface area contributed by atoms with Gasteiger partial charge in [0.2, 0.25) is 15.9 Å². The molecule has 1 saturated heterocycles. The van der Waals surface area contributed by atoms with Gasteiger partial charge < -0.3 is 10.1 Å². The standard InChI is InChI=1S/C22H26F3N3O4S/c1-33(30,31)28(20-7-5-19(6-8-20)22(23,24)25)16-21(29)26-14-17-3-2-4-18(13-17)15-27-9-11-32-12-10-27/h2-8,13H,9-12,14-16H2,1H3,(H,26,29). The topological polar surface area (TPSA) is 79.0 Å². The van der Waals surface area contributed by atoms with Crippen LogP contribution in [-0.4, -0.2) is 58.3 Å². The second-order valence-electron chi connectivity index (χ2n) is 7.80. The molecule has 1 heterocycles. The number of hydrogen-bond acceptors (Lipinski definition) is 5. The molecule has 11 heteroatoms. The van der Waals surface area contributed by atoms with Crippen LogP contribution in [0.3, 0.4) is 0 Å². The van der Waals surface area contributed by atoms with Gasteiger partial charge in [0.1, 0.15) is 6.54 Å². The maximum absolute atomic E-state index is 12.8. The van der Waals surface area contributed by atoms with Crippen LogP contribution in [0.25, 0.3) is 0 Å². The zero-order chi connectivity index (χ0) is 24.1. The van der Waals surface area contributed by atoms with Crippen LogP contribution in [0.15, 0.2) is 48.5 Å². The summed E-state index contributed by atoms with van der Waals surface area (Å²) in [5, 5.41) is 2.68. The van der Waals surface area contributed by atoms with Gasteiger partial charge in [-0.15, -0.1) is 0 Å². The van der Waals surface area contributed by atoms with Gasteiger partial charge in [-0.25, -0.2) is 8.42 Å². The molecule has 0 aliphatic carbocycles. The number of sulfonamides is 1. The molecule has 1 amide bonds. The molecule has 3 rings (SSSR count). The van der Waals surface area contributed by atoms with Crippen molar-refractivity contribution < 1.29 is 31.1 Å². The lowest BCUT2D eigenvalue weighted by atomic mass is 10.1. The van der Waals surface area contributed by atoms with Gasteiger partial charge in [0.15, 0.2) is 0 Å². The van der Waals surface area contributed by atoms with Crippen LogP contribution in [0.2, 0.25) is 0 Å². The highest BCUT2D eigenvalue weighted by Crippen LogP contribution is 2.30. The van der Waals surface area contributed by atoms with Gasteiger partial charge in [0, 0.05) is 26.2 Å². The van der Waals surface area contributed by atoms with E-state index in [1.54, 1.807) is 0 Å². The molecule has 1 aliphatic rings. The summed E-state index contributed by atoms with van der Waals surface area (Å²) in [5.41, 5.74) is 1.02. The zero-order valence-electron chi connectivity index (χ0n) is 18.1. The smallest absolute Gasteiger partial charge is 0.379 e. The average molecular weight is 486 g/mol. The number of nitrogens with zero attached hydrogens (tertiary/aromatic N) is 2. The largest absolute Gasteiger partial charge is 0.416 e. The van der Waals surface area contributed by atoms with Crippen LogP contribution in [0.4, 0.5) is 18.9 Å². The molecule has 2 aromatic rings. The second kappa shape index (κ2) is 10.5. The lowest BCUT2D eigenvalue weighted by Gasteiger charge is -2.26. The summed E-state index contributed by atoms with van der Waals surface area (Å²) in [6, 6.07) is 11.3. The Morgan fingerprint density at radius 3 is 2.33 bits per heavy atom. The number of carbonyl (C=O) groups excluding carboxylic acids is 1. The van der Waals surface area contributed by atoms with Crippen LogP contribution in [0, 0.1) is 0 Å². The van der Waals surface area contributed by atoms with E-state index in [0.29, 0.717) is 13.2 Å². The Bertz CT molecular complexity index is 1050. The number of amides is 1. The number of hydrogen-bond donors (Lipinski definition) is 1. The first kappa shape index (κ1) is 25.0. The summed E-state index contributed by atoms with van der Waals surface area (Å²) >= 11 is 0. The maximum atomic E-state index is 12.8. The molecule has 2 aromatic carbocycles. The normalized spacial score (nSPS) is 15.3. The van der Waals surface area contributed by atoms with Crippen molar-refractivity contribution in [1.29, 1.82) is 0 Å². The van der Waals surface area contributed by atoms with Crippen molar-refractivity contribution in [3.8, 4) is 0 Å². The predicted molar refractivity (Wildman–Crippen MR) is 118 cm³/mol. The van der Waals surface area contributed by atoms with Gasteiger partial charge in [-0.1, -0.05) is 24.3 Å². The van der Waals surface area contributed by atoms with Gasteiger partial charge in [-0.3, -0.25) is 14.0 Å². The van der Waals surface area contributed by atoms with Crippen molar-refractivity contribution in [3.05, 3.63) is 65.2 Å². The third-order valence-corrected chi connectivity index (χ3v) is 6.30. The number of rotatable bonds is 8. The van der Waals surface area contributed by atoms with Gasteiger partial charge in [-0.2, -0.15) is 13.2 Å². The molecule has 1 N–H and O–H groups in total. The number of carbonyl (C=O) groups is 1. The second-order valence-corrected chi connectivity index (χ2v) is 9.71. The van der Waals surface area contributed by atoms with E-state index in [4.69, 9.17) is 4.74 Å². The summed E-state index contributed by atoms with van der Waals surface area (Å²) < 4.78 is 68.8. The van der Waals surface area contributed by atoms with Crippen molar-refractivity contribution >= 4 is 21.6 Å². The Labute approximate surface area is 191 Å². The third kappa shape index (κ3) is 7.44. The molecule has 0 spiro atoms. The predicted octanol–water partition coefficient (Wildman–Crippen LogP) is 2.62. The van der Waals surface area contributed by atoms with Crippen molar-refractivity contribution in [3.63, 3.8) is 0 Å². The summed E-state index contributed by atoms with van der Waals surface area (Å²) in [7, 11) is -3.89. The van der Waals surface area contributed by atoms with Crippen LogP contribution in [0.1, 0.15) is 16.7 Å². The van der Waals surface area contributed by atoms with Gasteiger partial charge >= 0.3 is 6.18 Å². The molecule has 0 aromatic heterocycles. The molecule has 0 radical (unpaired) electrons. The summed E-state index contributed by atoms with van der Waals surface area (Å²) in [6.45, 7) is 3.52. The van der Waals surface area contributed by atoms with Crippen molar-refractivity contribution in [2.24, 2.45) is 0 Å². The number of halogens is 3. The Hall–Kier alpha value is -2.63. The van der Waals surface area contributed by atoms with E-state index in [1.165, 1.54) is 0 Å². The van der Waals surface area contributed by atoms with E-state index in [-0.39, 0.29) is 12.2 Å². The van der Waals surface area contributed by atoms with Gasteiger partial charge in [0.25, 0.3) is 0 Å². The number of nitrogens with one attached hydrogen (secondary N) is 1. The number of anilines is 1. The first-order chi connectivity index (χ1) is 15.5. The molecule has 0 bridgehead atoms. The highest BCUT2D eigenvalue weighted by Gasteiger charge is 2.31. The minimum Gasteiger partial charge on any atom is -0.379 e. The molecule has 33 heavy (non-hydrogen) atoms. The molecule has 180 valence electrons. The lowest BCUT2D eigenvalue weighted by molar-refractivity contribution is -0.137. The lowest BCUT2D eigenvalue weighted by Crippen LogP contribution is -2.40. The molecule has 0 saturated carbocycles. The molecular formula is C22H26F3N3O4S. The summed E-state index contributed by atoms with van der Waals surface area (Å²) in [5.74, 6) is -0.570. The van der Waals surface area contributed by atoms with Crippen molar-refractivity contribution in [2.45, 2.75) is 19.3 Å². The SMILES string of the molecule is CS(=O)(=O)N(CC(=O)NCc1cccc(CN2CCOCC2)c1)c1ccc(C(F)(F)F)cc1. The zero-order valence-corrected chi connectivity index (χ0v) is 19.0. The van der Waals surface area contributed by atoms with E-state index >= 15 is 0 Å². The highest BCUT2D eigenvalue weighted by molar-refractivity contribution is 7.92. The number of morpholine rings is 1. The fraction of sp³-hybridized carbons (Fsp3) is 0.409. The number of benzene rings is 2. The quantitative estimate of drug-likeness (QED) is 0.622. The first-order valence-electron chi connectivity index (χ1n) is 10.3. The number of ether oxygens (including phenoxy) is 1. The van der Waals surface area contributed by atoms with Crippen molar-refractivity contribution in [1.82, 2.24) is 10.2 Å². The summed E-state index contributed by atoms with van der Waals surface area (Å²) in [4.78, 5) is 14.7. The van der Waals surface area contributed by atoms with E-state index in [1.807, 2.05) is 24.3 Å². The molecule has 0 atom stereocenters. The minimum atomic E-state index is -4.54. The maximum Gasteiger partial charge on any atom is 0.416 e. The third-order valence-electron chi connectivity index (χ3n) is 5.16. The Morgan fingerprint density at radius 1 is 1.09 bits per heavy atom. The Kier molecular flexibility index (Phi) is 7.98. The average Bonchev–Trinajstić information content (AvgIpc) is 2.76. The molecule has 0 unspecified atom stereocenters. The summed E-state index contributed by atoms with van der Waals surface area (Å²) in [6.07, 6.45) is -3.64. The molecular weight excluding hydrogens is 459 g/mol. The molecule has 7 nitrogen and oxygen atoms in total. The van der Waals surface area contributed by atoms with Crippen LogP contribution in [-0.2, 0) is 38.8 Å². The van der Waals surface area contributed by atoms with Gasteiger partial charge in [-0.05, 0) is 35.4 Å². The first-order valence-corrected chi connectivity index (χ1v) is 12.2.